The van der Waals surface area contributed by atoms with Crippen molar-refractivity contribution in [3.8, 4) is 23.6 Å². The molecule has 0 aliphatic carbocycles. The Morgan fingerprint density at radius 1 is 1.10 bits per heavy atom. The highest BCUT2D eigenvalue weighted by atomic mass is 32.2. The first-order valence-electron chi connectivity index (χ1n) is 13.7. The van der Waals surface area contributed by atoms with Crippen LogP contribution in [0.15, 0.2) is 53.4 Å². The fraction of sp³-hybridized carbons (Fsp3) is 0.367. The lowest BCUT2D eigenvalue weighted by Gasteiger charge is -2.35. The Kier molecular flexibility index (Phi) is 9.97. The predicted octanol–water partition coefficient (Wildman–Crippen LogP) is 3.71. The summed E-state index contributed by atoms with van der Waals surface area (Å²) in [4.78, 5) is 27.8. The largest absolute Gasteiger partial charge is 0.489 e. The number of ether oxygens (including phenoxy) is 2. The van der Waals surface area contributed by atoms with Crippen molar-refractivity contribution in [3.05, 3.63) is 59.8 Å². The Labute approximate surface area is 255 Å². The Morgan fingerprint density at radius 2 is 1.90 bits per heavy atom. The molecule has 2 N–H and O–H groups in total. The number of aromatic nitrogens is 2. The van der Waals surface area contributed by atoms with E-state index in [1.807, 2.05) is 71.9 Å². The number of anilines is 3. The Bertz CT molecular complexity index is 1470. The number of hydrogen-bond acceptors (Lipinski definition) is 11. The number of nitrogens with two attached hydrogens (primary N) is 1. The van der Waals surface area contributed by atoms with Crippen molar-refractivity contribution in [1.82, 2.24) is 14.3 Å². The molecular formula is C30H35N7O3S2. The van der Waals surface area contributed by atoms with Crippen LogP contribution in [0.2, 0.25) is 0 Å². The summed E-state index contributed by atoms with van der Waals surface area (Å²) in [7, 11) is 1.97. The molecule has 2 aromatic carbocycles. The fourth-order valence-electron chi connectivity index (χ4n) is 4.77. The third-order valence-electron chi connectivity index (χ3n) is 6.91. The maximum absolute atomic E-state index is 13.7. The lowest BCUT2D eigenvalue weighted by Crippen LogP contribution is -2.43. The van der Waals surface area contributed by atoms with Gasteiger partial charge in [0, 0.05) is 56.1 Å². The van der Waals surface area contributed by atoms with Gasteiger partial charge >= 0.3 is 6.01 Å². The van der Waals surface area contributed by atoms with Crippen LogP contribution in [0.5, 0.6) is 11.8 Å². The Balaban J connectivity index is 1.22. The number of piperazine rings is 1. The molecule has 0 atom stereocenters. The highest BCUT2D eigenvalue weighted by molar-refractivity contribution is 7.99. The van der Waals surface area contributed by atoms with Gasteiger partial charge in [-0.05, 0) is 49.2 Å². The predicted molar refractivity (Wildman–Crippen MR) is 171 cm³/mol. The van der Waals surface area contributed by atoms with E-state index in [4.69, 9.17) is 15.2 Å². The van der Waals surface area contributed by atoms with Crippen LogP contribution >= 0.6 is 23.9 Å². The number of carbonyl (C=O) groups excluding carboxylic acids is 1. The third kappa shape index (κ3) is 7.04. The van der Waals surface area contributed by atoms with Gasteiger partial charge in [-0.15, -0.1) is 0 Å². The van der Waals surface area contributed by atoms with E-state index < -0.39 is 0 Å². The minimum atomic E-state index is -0.0235. The molecule has 42 heavy (non-hydrogen) atoms. The molecule has 2 aliphatic heterocycles. The van der Waals surface area contributed by atoms with Crippen molar-refractivity contribution in [2.24, 2.45) is 5.73 Å². The van der Waals surface area contributed by atoms with Gasteiger partial charge in [-0.1, -0.05) is 35.9 Å². The minimum absolute atomic E-state index is 0.0235. The maximum Gasteiger partial charge on any atom is 0.319 e. The van der Waals surface area contributed by atoms with Gasteiger partial charge in [0.2, 0.25) is 0 Å². The van der Waals surface area contributed by atoms with E-state index in [0.717, 1.165) is 59.7 Å². The zero-order chi connectivity index (χ0) is 29.5. The molecule has 3 heterocycles. The molecule has 1 amide bonds. The number of hydrogen-bond donors (Lipinski definition) is 1. The second-order valence-electron chi connectivity index (χ2n) is 9.64. The van der Waals surface area contributed by atoms with E-state index in [-0.39, 0.29) is 12.5 Å². The molecule has 12 heteroatoms. The van der Waals surface area contributed by atoms with Crippen LogP contribution in [-0.2, 0) is 0 Å². The molecule has 0 spiro atoms. The summed E-state index contributed by atoms with van der Waals surface area (Å²) in [5.41, 5.74) is 8.62. The Morgan fingerprint density at radius 3 is 2.69 bits per heavy atom. The number of para-hydroxylation sites is 1. The molecule has 10 nitrogen and oxygen atoms in total. The molecule has 1 aromatic heterocycles. The van der Waals surface area contributed by atoms with Crippen LogP contribution in [0.25, 0.3) is 0 Å². The molecule has 0 bridgehead atoms. The molecule has 2 aliphatic rings. The second kappa shape index (κ2) is 14.0. The van der Waals surface area contributed by atoms with Crippen LogP contribution in [0.3, 0.4) is 0 Å². The first-order chi connectivity index (χ1) is 20.5. The molecule has 0 radical (unpaired) electrons. The first-order valence-corrected chi connectivity index (χ1v) is 15.7. The average molecular weight is 606 g/mol. The molecule has 0 saturated carbocycles. The van der Waals surface area contributed by atoms with E-state index >= 15 is 0 Å². The van der Waals surface area contributed by atoms with Gasteiger partial charge in [0.25, 0.3) is 5.91 Å². The van der Waals surface area contributed by atoms with Gasteiger partial charge in [-0.2, -0.15) is 4.98 Å². The summed E-state index contributed by atoms with van der Waals surface area (Å²) >= 11 is 3.27. The molecule has 3 aromatic rings. The topological polar surface area (TPSA) is 100 Å². The zero-order valence-corrected chi connectivity index (χ0v) is 25.7. The standard InChI is InChI=1S/C30H35N7O3S2/c1-22-20-28(33-30(32-22)40-18-7-6-12-31)35-13-15-36(16-14-35)42-23-10-11-26-27(21-23)39-19-17-37(26)29(38)24-8-4-5-9-25(24)34(2)41-3/h4-5,8-11,20-21H,12-19,31H2,1-3H3. The van der Waals surface area contributed by atoms with Crippen molar-refractivity contribution < 1.29 is 14.3 Å². The normalized spacial score (nSPS) is 14.9. The lowest BCUT2D eigenvalue weighted by atomic mass is 10.1. The summed E-state index contributed by atoms with van der Waals surface area (Å²) < 4.78 is 16.0. The van der Waals surface area contributed by atoms with Crippen molar-refractivity contribution >= 4 is 47.0 Å². The smallest absolute Gasteiger partial charge is 0.319 e. The number of carbonyl (C=O) groups is 1. The van der Waals surface area contributed by atoms with Crippen LogP contribution in [0, 0.1) is 18.8 Å². The van der Waals surface area contributed by atoms with Crippen LogP contribution in [0.4, 0.5) is 17.2 Å². The second-order valence-corrected chi connectivity index (χ2v) is 11.7. The van der Waals surface area contributed by atoms with Gasteiger partial charge < -0.3 is 29.3 Å². The quantitative estimate of drug-likeness (QED) is 0.301. The maximum atomic E-state index is 13.7. The lowest BCUT2D eigenvalue weighted by molar-refractivity contribution is 0.0977. The highest BCUT2D eigenvalue weighted by Crippen LogP contribution is 2.38. The third-order valence-corrected chi connectivity index (χ3v) is 8.74. The molecule has 5 rings (SSSR count). The van der Waals surface area contributed by atoms with Gasteiger partial charge in [0.1, 0.15) is 18.2 Å². The van der Waals surface area contributed by atoms with Gasteiger partial charge in [-0.3, -0.25) is 4.79 Å². The molecule has 1 fully saturated rings. The first kappa shape index (κ1) is 29.8. The van der Waals surface area contributed by atoms with Crippen LogP contribution in [0.1, 0.15) is 16.1 Å². The van der Waals surface area contributed by atoms with E-state index in [2.05, 4.69) is 37.1 Å². The number of fused-ring (bicyclic) bond motifs is 1. The summed E-state index contributed by atoms with van der Waals surface area (Å²) in [6, 6.07) is 16.1. The van der Waals surface area contributed by atoms with Crippen LogP contribution in [-0.4, -0.2) is 86.0 Å². The molecular weight excluding hydrogens is 571 g/mol. The zero-order valence-electron chi connectivity index (χ0n) is 24.1. The summed E-state index contributed by atoms with van der Waals surface area (Å²) in [6.07, 6.45) is 2.00. The van der Waals surface area contributed by atoms with Gasteiger partial charge in [0.05, 0.1) is 30.0 Å². The van der Waals surface area contributed by atoms with Crippen molar-refractivity contribution in [2.75, 3.05) is 79.9 Å². The highest BCUT2D eigenvalue weighted by Gasteiger charge is 2.28. The van der Waals surface area contributed by atoms with Crippen molar-refractivity contribution in [2.45, 2.75) is 11.8 Å². The molecule has 1 saturated heterocycles. The molecule has 0 unspecified atom stereocenters. The fourth-order valence-corrected chi connectivity index (χ4v) is 6.06. The van der Waals surface area contributed by atoms with E-state index in [0.29, 0.717) is 31.3 Å². The van der Waals surface area contributed by atoms with Crippen molar-refractivity contribution in [1.29, 1.82) is 0 Å². The van der Waals surface area contributed by atoms with Gasteiger partial charge in [-0.25, -0.2) is 9.29 Å². The van der Waals surface area contributed by atoms with Crippen molar-refractivity contribution in [3.63, 3.8) is 0 Å². The Hall–Kier alpha value is -3.63. The summed E-state index contributed by atoms with van der Waals surface area (Å²) in [5.74, 6) is 7.18. The summed E-state index contributed by atoms with van der Waals surface area (Å²) in [6.45, 7) is 6.76. The number of amides is 1. The average Bonchev–Trinajstić information content (AvgIpc) is 3.02. The van der Waals surface area contributed by atoms with E-state index in [9.17, 15) is 4.79 Å². The van der Waals surface area contributed by atoms with E-state index in [1.165, 1.54) is 0 Å². The monoisotopic (exact) mass is 605 g/mol. The number of nitrogens with zero attached hydrogens (tertiary/aromatic N) is 6. The summed E-state index contributed by atoms with van der Waals surface area (Å²) in [5, 5.41) is 0. The number of rotatable bonds is 8. The molecule has 220 valence electrons. The minimum Gasteiger partial charge on any atom is -0.489 e. The number of aryl methyl sites for hydroxylation is 1. The van der Waals surface area contributed by atoms with E-state index in [1.54, 1.807) is 23.9 Å². The van der Waals surface area contributed by atoms with Crippen LogP contribution < -0.4 is 29.3 Å². The SMILES string of the molecule is CSN(C)c1ccccc1C(=O)N1CCOc2cc(SN3CCN(c4cc(C)nc(OCC#CCN)n4)CC3)ccc21. The number of benzene rings is 2. The van der Waals surface area contributed by atoms with Gasteiger partial charge in [0.15, 0.2) is 6.61 Å².